The standard InChI is InChI=1S/C12H15N5O2/c1-8(10-5-4-6-13-7-10)14-12-11(17(18)19)9(2)15-16(12)3/h4-8,14H,1-3H3. The topological polar surface area (TPSA) is 85.9 Å². The fourth-order valence-electron chi connectivity index (χ4n) is 1.95. The average molecular weight is 261 g/mol. The Balaban J connectivity index is 2.31. The predicted octanol–water partition coefficient (Wildman–Crippen LogP) is 2.20. The van der Waals surface area contributed by atoms with E-state index in [2.05, 4.69) is 15.4 Å². The first-order chi connectivity index (χ1) is 9.00. The number of nitro groups is 1. The number of nitrogens with one attached hydrogen (secondary N) is 1. The normalized spacial score (nSPS) is 12.2. The van der Waals surface area contributed by atoms with Crippen LogP contribution in [0.3, 0.4) is 0 Å². The molecule has 19 heavy (non-hydrogen) atoms. The predicted molar refractivity (Wildman–Crippen MR) is 70.9 cm³/mol. The van der Waals surface area contributed by atoms with Crippen LogP contribution in [0.4, 0.5) is 11.5 Å². The van der Waals surface area contributed by atoms with Crippen molar-refractivity contribution in [3.05, 3.63) is 45.9 Å². The molecule has 0 aliphatic carbocycles. The number of aryl methyl sites for hydroxylation is 2. The minimum absolute atomic E-state index is 0.0123. The monoisotopic (exact) mass is 261 g/mol. The highest BCUT2D eigenvalue weighted by Gasteiger charge is 2.25. The number of hydrogen-bond acceptors (Lipinski definition) is 5. The fraction of sp³-hybridized carbons (Fsp3) is 0.333. The lowest BCUT2D eigenvalue weighted by Gasteiger charge is -2.14. The Labute approximate surface area is 110 Å². The number of anilines is 1. The highest BCUT2D eigenvalue weighted by molar-refractivity contribution is 5.60. The SMILES string of the molecule is Cc1nn(C)c(NC(C)c2cccnc2)c1[N+](=O)[O-]. The Hall–Kier alpha value is -2.44. The van der Waals surface area contributed by atoms with Gasteiger partial charge in [-0.25, -0.2) is 4.68 Å². The van der Waals surface area contributed by atoms with Crippen LogP contribution in [0.15, 0.2) is 24.5 Å². The van der Waals surface area contributed by atoms with Crippen molar-refractivity contribution in [3.63, 3.8) is 0 Å². The van der Waals surface area contributed by atoms with Gasteiger partial charge in [0.15, 0.2) is 0 Å². The van der Waals surface area contributed by atoms with E-state index in [1.165, 1.54) is 4.68 Å². The van der Waals surface area contributed by atoms with Crippen molar-refractivity contribution in [2.45, 2.75) is 19.9 Å². The molecular formula is C12H15N5O2. The van der Waals surface area contributed by atoms with E-state index in [-0.39, 0.29) is 11.7 Å². The first-order valence-electron chi connectivity index (χ1n) is 5.85. The van der Waals surface area contributed by atoms with E-state index < -0.39 is 4.92 Å². The molecule has 0 radical (unpaired) electrons. The van der Waals surface area contributed by atoms with Gasteiger partial charge in [-0.1, -0.05) is 6.07 Å². The van der Waals surface area contributed by atoms with Crippen molar-refractivity contribution < 1.29 is 4.92 Å². The maximum atomic E-state index is 11.1. The zero-order valence-corrected chi connectivity index (χ0v) is 11.0. The number of rotatable bonds is 4. The molecule has 7 nitrogen and oxygen atoms in total. The van der Waals surface area contributed by atoms with Gasteiger partial charge < -0.3 is 5.32 Å². The molecule has 0 bridgehead atoms. The highest BCUT2D eigenvalue weighted by atomic mass is 16.6. The fourth-order valence-corrected chi connectivity index (χ4v) is 1.95. The van der Waals surface area contributed by atoms with Crippen LogP contribution >= 0.6 is 0 Å². The van der Waals surface area contributed by atoms with E-state index in [1.54, 1.807) is 26.4 Å². The third kappa shape index (κ3) is 2.54. The summed E-state index contributed by atoms with van der Waals surface area (Å²) in [6.07, 6.45) is 3.42. The van der Waals surface area contributed by atoms with Gasteiger partial charge in [0.25, 0.3) is 0 Å². The van der Waals surface area contributed by atoms with Gasteiger partial charge in [-0.15, -0.1) is 0 Å². The number of hydrogen-bond donors (Lipinski definition) is 1. The van der Waals surface area contributed by atoms with E-state index >= 15 is 0 Å². The zero-order valence-electron chi connectivity index (χ0n) is 11.0. The summed E-state index contributed by atoms with van der Waals surface area (Å²) in [5, 5.41) is 18.3. The summed E-state index contributed by atoms with van der Waals surface area (Å²) in [6.45, 7) is 3.54. The molecule has 1 unspecified atom stereocenters. The van der Waals surface area contributed by atoms with E-state index in [1.807, 2.05) is 19.1 Å². The van der Waals surface area contributed by atoms with Gasteiger partial charge in [-0.3, -0.25) is 15.1 Å². The molecule has 1 atom stereocenters. The van der Waals surface area contributed by atoms with Gasteiger partial charge in [0.05, 0.1) is 11.0 Å². The smallest absolute Gasteiger partial charge is 0.333 e. The quantitative estimate of drug-likeness (QED) is 0.673. The third-order valence-corrected chi connectivity index (χ3v) is 2.91. The molecular weight excluding hydrogens is 246 g/mol. The van der Waals surface area contributed by atoms with Gasteiger partial charge >= 0.3 is 5.69 Å². The number of nitrogens with zero attached hydrogens (tertiary/aromatic N) is 4. The summed E-state index contributed by atoms with van der Waals surface area (Å²) < 4.78 is 1.49. The summed E-state index contributed by atoms with van der Waals surface area (Å²) in [5.41, 5.74) is 1.36. The number of aromatic nitrogens is 3. The molecule has 2 rings (SSSR count). The van der Waals surface area contributed by atoms with E-state index in [0.29, 0.717) is 11.5 Å². The highest BCUT2D eigenvalue weighted by Crippen LogP contribution is 2.30. The molecule has 0 fully saturated rings. The van der Waals surface area contributed by atoms with Gasteiger partial charge in [0, 0.05) is 19.4 Å². The summed E-state index contributed by atoms with van der Waals surface area (Å²) in [4.78, 5) is 14.7. The first kappa shape index (κ1) is 13.0. The summed E-state index contributed by atoms with van der Waals surface area (Å²) in [5.74, 6) is 0.402. The second-order valence-corrected chi connectivity index (χ2v) is 4.32. The molecule has 0 aliphatic rings. The van der Waals surface area contributed by atoms with Crippen LogP contribution in [0.5, 0.6) is 0 Å². The van der Waals surface area contributed by atoms with Crippen molar-refractivity contribution in [1.82, 2.24) is 14.8 Å². The Morgan fingerprint density at radius 2 is 2.26 bits per heavy atom. The molecule has 1 N–H and O–H groups in total. The molecule has 7 heteroatoms. The maximum absolute atomic E-state index is 11.1. The van der Waals surface area contributed by atoms with Crippen LogP contribution in [-0.4, -0.2) is 19.7 Å². The lowest BCUT2D eigenvalue weighted by molar-refractivity contribution is -0.384. The van der Waals surface area contributed by atoms with Crippen molar-refractivity contribution in [2.24, 2.45) is 7.05 Å². The Morgan fingerprint density at radius 3 is 2.84 bits per heavy atom. The van der Waals surface area contributed by atoms with Crippen LogP contribution < -0.4 is 5.32 Å². The van der Waals surface area contributed by atoms with Gasteiger partial charge in [0.1, 0.15) is 5.69 Å². The van der Waals surface area contributed by atoms with Crippen LogP contribution in [0.1, 0.15) is 24.2 Å². The second kappa shape index (κ2) is 5.05. The van der Waals surface area contributed by atoms with Crippen molar-refractivity contribution in [1.29, 1.82) is 0 Å². The van der Waals surface area contributed by atoms with Crippen LogP contribution in [0.2, 0.25) is 0 Å². The van der Waals surface area contributed by atoms with Crippen molar-refractivity contribution >= 4 is 11.5 Å². The molecule has 0 spiro atoms. The zero-order chi connectivity index (χ0) is 14.0. The Kier molecular flexibility index (Phi) is 3.46. The molecule has 2 aromatic rings. The van der Waals surface area contributed by atoms with Gasteiger partial charge in [-0.2, -0.15) is 5.10 Å². The van der Waals surface area contributed by atoms with Crippen LogP contribution in [-0.2, 0) is 7.05 Å². The third-order valence-electron chi connectivity index (χ3n) is 2.91. The van der Waals surface area contributed by atoms with Crippen LogP contribution in [0, 0.1) is 17.0 Å². The molecule has 0 aromatic carbocycles. The Morgan fingerprint density at radius 1 is 1.53 bits per heavy atom. The molecule has 0 amide bonds. The average Bonchev–Trinajstić information content (AvgIpc) is 2.65. The molecule has 0 saturated heterocycles. The molecule has 0 saturated carbocycles. The number of pyridine rings is 1. The maximum Gasteiger partial charge on any atom is 0.333 e. The van der Waals surface area contributed by atoms with E-state index in [4.69, 9.17) is 0 Å². The summed E-state index contributed by atoms with van der Waals surface area (Å²) in [7, 11) is 1.68. The van der Waals surface area contributed by atoms with Crippen LogP contribution in [0.25, 0.3) is 0 Å². The first-order valence-corrected chi connectivity index (χ1v) is 5.85. The van der Waals surface area contributed by atoms with E-state index in [9.17, 15) is 10.1 Å². The van der Waals surface area contributed by atoms with Crippen molar-refractivity contribution in [3.8, 4) is 0 Å². The van der Waals surface area contributed by atoms with Crippen molar-refractivity contribution in [2.75, 3.05) is 5.32 Å². The molecule has 2 aromatic heterocycles. The Bertz CT molecular complexity index is 594. The largest absolute Gasteiger partial charge is 0.358 e. The lowest BCUT2D eigenvalue weighted by atomic mass is 10.1. The summed E-state index contributed by atoms with van der Waals surface area (Å²) >= 11 is 0. The molecule has 100 valence electrons. The molecule has 2 heterocycles. The molecule has 0 aliphatic heterocycles. The minimum atomic E-state index is -0.416. The van der Waals surface area contributed by atoms with E-state index in [0.717, 1.165) is 5.56 Å². The van der Waals surface area contributed by atoms with Gasteiger partial charge in [-0.05, 0) is 25.5 Å². The van der Waals surface area contributed by atoms with Gasteiger partial charge in [0.2, 0.25) is 5.82 Å². The minimum Gasteiger partial charge on any atom is -0.358 e. The summed E-state index contributed by atoms with van der Waals surface area (Å²) in [6, 6.07) is 3.65. The second-order valence-electron chi connectivity index (χ2n) is 4.32. The lowest BCUT2D eigenvalue weighted by Crippen LogP contribution is -2.11.